The van der Waals surface area contributed by atoms with E-state index in [1.807, 2.05) is 0 Å². The van der Waals surface area contributed by atoms with Gasteiger partial charge in [-0.2, -0.15) is 4.98 Å². The van der Waals surface area contributed by atoms with Crippen LogP contribution in [-0.4, -0.2) is 20.0 Å². The van der Waals surface area contributed by atoms with E-state index in [2.05, 4.69) is 10.1 Å². The van der Waals surface area contributed by atoms with Crippen molar-refractivity contribution in [3.05, 3.63) is 86.1 Å². The van der Waals surface area contributed by atoms with E-state index < -0.39 is 9.85 Å². The van der Waals surface area contributed by atoms with E-state index in [0.717, 1.165) is 0 Å². The van der Waals surface area contributed by atoms with Crippen LogP contribution >= 0.6 is 0 Å². The van der Waals surface area contributed by atoms with Gasteiger partial charge < -0.3 is 13.7 Å². The molecule has 156 valence electrons. The first-order valence-corrected chi connectivity index (χ1v) is 8.96. The summed E-state index contributed by atoms with van der Waals surface area (Å²) in [5, 5.41) is 25.5. The lowest BCUT2D eigenvalue weighted by Crippen LogP contribution is -1.96. The summed E-state index contributed by atoms with van der Waals surface area (Å²) in [6.07, 6.45) is 0. The highest BCUT2D eigenvalue weighted by Crippen LogP contribution is 2.27. The summed E-state index contributed by atoms with van der Waals surface area (Å²) in [5.74, 6) is 1.70. The molecule has 0 amide bonds. The molecule has 2 aromatic carbocycles. The second-order valence-electron chi connectivity index (χ2n) is 6.49. The smallest absolute Gasteiger partial charge is 0.293 e. The molecule has 0 unspecified atom stereocenters. The summed E-state index contributed by atoms with van der Waals surface area (Å²) in [7, 11) is 0. The number of nitro benzene ring substituents is 2. The maximum atomic E-state index is 10.9. The Labute approximate surface area is 174 Å². The van der Waals surface area contributed by atoms with E-state index >= 15 is 0 Å². The highest BCUT2D eigenvalue weighted by atomic mass is 16.6. The molecule has 0 fully saturated rings. The number of nitrogens with zero attached hydrogens (tertiary/aromatic N) is 4. The molecule has 31 heavy (non-hydrogen) atoms. The standard InChI is InChI=1S/C20H14N4O7/c1-12-10-15(6-8-17(12)24(27)28)29-11-16-7-9-18(30-16)20-21-19(22-31-20)13-2-4-14(5-3-13)23(25)26/h2-10H,11H2,1H3. The quantitative estimate of drug-likeness (QED) is 0.305. The van der Waals surface area contributed by atoms with Gasteiger partial charge in [-0.3, -0.25) is 20.2 Å². The van der Waals surface area contributed by atoms with Crippen molar-refractivity contribution in [2.45, 2.75) is 13.5 Å². The average Bonchev–Trinajstić information content (AvgIpc) is 3.42. The van der Waals surface area contributed by atoms with Crippen LogP contribution in [0.4, 0.5) is 11.4 Å². The van der Waals surface area contributed by atoms with Crippen molar-refractivity contribution in [3.8, 4) is 28.8 Å². The van der Waals surface area contributed by atoms with E-state index in [1.54, 1.807) is 25.1 Å². The Balaban J connectivity index is 1.44. The molecule has 4 rings (SSSR count). The Morgan fingerprint density at radius 1 is 1.00 bits per heavy atom. The maximum absolute atomic E-state index is 10.9. The van der Waals surface area contributed by atoms with Crippen molar-refractivity contribution < 1.29 is 23.5 Å². The minimum absolute atomic E-state index is 0.0212. The van der Waals surface area contributed by atoms with Gasteiger partial charge in [0, 0.05) is 29.3 Å². The summed E-state index contributed by atoms with van der Waals surface area (Å²) >= 11 is 0. The zero-order chi connectivity index (χ0) is 22.0. The highest BCUT2D eigenvalue weighted by molar-refractivity contribution is 5.59. The van der Waals surface area contributed by atoms with Crippen molar-refractivity contribution >= 4 is 11.4 Å². The molecule has 0 saturated carbocycles. The third kappa shape index (κ3) is 4.24. The Bertz CT molecular complexity index is 1260. The van der Waals surface area contributed by atoms with Gasteiger partial charge in [-0.25, -0.2) is 0 Å². The number of aromatic nitrogens is 2. The number of non-ortho nitro benzene ring substituents is 1. The van der Waals surface area contributed by atoms with Crippen molar-refractivity contribution in [2.75, 3.05) is 0 Å². The van der Waals surface area contributed by atoms with Gasteiger partial charge in [0.15, 0.2) is 5.76 Å². The van der Waals surface area contributed by atoms with Crippen molar-refractivity contribution in [3.63, 3.8) is 0 Å². The van der Waals surface area contributed by atoms with E-state index in [-0.39, 0.29) is 29.7 Å². The number of hydrogen-bond donors (Lipinski definition) is 0. The van der Waals surface area contributed by atoms with Crippen LogP contribution in [-0.2, 0) is 6.61 Å². The highest BCUT2D eigenvalue weighted by Gasteiger charge is 2.16. The van der Waals surface area contributed by atoms with E-state index in [9.17, 15) is 20.2 Å². The first kappa shape index (κ1) is 19.8. The largest absolute Gasteiger partial charge is 0.486 e. The minimum Gasteiger partial charge on any atom is -0.486 e. The molecule has 0 spiro atoms. The molecule has 2 aromatic heterocycles. The molecule has 0 N–H and O–H groups in total. The molecule has 0 bridgehead atoms. The average molecular weight is 422 g/mol. The number of furan rings is 1. The number of hydrogen-bond acceptors (Lipinski definition) is 9. The minimum atomic E-state index is -0.490. The molecule has 0 saturated heterocycles. The molecule has 0 aliphatic heterocycles. The van der Waals surface area contributed by atoms with Crippen LogP contribution in [0.5, 0.6) is 5.75 Å². The van der Waals surface area contributed by atoms with E-state index in [1.165, 1.54) is 36.4 Å². The molecule has 11 nitrogen and oxygen atoms in total. The van der Waals surface area contributed by atoms with Crippen LogP contribution in [0.15, 0.2) is 63.5 Å². The maximum Gasteiger partial charge on any atom is 0.293 e. The fraction of sp³-hybridized carbons (Fsp3) is 0.100. The Morgan fingerprint density at radius 3 is 2.45 bits per heavy atom. The van der Waals surface area contributed by atoms with Crippen molar-refractivity contribution in [1.82, 2.24) is 10.1 Å². The number of nitro groups is 2. The Hall–Kier alpha value is -4.54. The number of rotatable bonds is 7. The molecule has 11 heteroatoms. The molecular weight excluding hydrogens is 408 g/mol. The molecule has 0 atom stereocenters. The zero-order valence-corrected chi connectivity index (χ0v) is 16.0. The normalized spacial score (nSPS) is 10.7. The number of benzene rings is 2. The molecule has 0 radical (unpaired) electrons. The van der Waals surface area contributed by atoms with Gasteiger partial charge in [-0.1, -0.05) is 5.16 Å². The Morgan fingerprint density at radius 2 is 1.77 bits per heavy atom. The molecule has 0 aliphatic carbocycles. The summed E-state index contributed by atoms with van der Waals surface area (Å²) in [6.45, 7) is 1.73. The van der Waals surface area contributed by atoms with Gasteiger partial charge in [-0.15, -0.1) is 0 Å². The second kappa shape index (κ2) is 8.06. The van der Waals surface area contributed by atoms with Gasteiger partial charge in [0.25, 0.3) is 17.3 Å². The number of ether oxygens (including phenoxy) is 1. The van der Waals surface area contributed by atoms with E-state index in [4.69, 9.17) is 13.7 Å². The van der Waals surface area contributed by atoms with Crippen molar-refractivity contribution in [1.29, 1.82) is 0 Å². The second-order valence-corrected chi connectivity index (χ2v) is 6.49. The zero-order valence-electron chi connectivity index (χ0n) is 16.0. The SMILES string of the molecule is Cc1cc(OCc2ccc(-c3nc(-c4ccc([N+](=O)[O-])cc4)no3)o2)ccc1[N+](=O)[O-]. The lowest BCUT2D eigenvalue weighted by molar-refractivity contribution is -0.385. The summed E-state index contributed by atoms with van der Waals surface area (Å²) in [4.78, 5) is 24.9. The monoisotopic (exact) mass is 422 g/mol. The van der Waals surface area contributed by atoms with Crippen molar-refractivity contribution in [2.24, 2.45) is 0 Å². The lowest BCUT2D eigenvalue weighted by Gasteiger charge is -2.05. The predicted octanol–water partition coefficient (Wildman–Crippen LogP) is 4.70. The van der Waals surface area contributed by atoms with Crippen LogP contribution in [0.2, 0.25) is 0 Å². The van der Waals surface area contributed by atoms with Crippen LogP contribution in [0.3, 0.4) is 0 Å². The Kier molecular flexibility index (Phi) is 5.14. The summed E-state index contributed by atoms with van der Waals surface area (Å²) < 4.78 is 16.5. The van der Waals surface area contributed by atoms with Gasteiger partial charge in [0.2, 0.25) is 5.82 Å². The number of aryl methyl sites for hydroxylation is 1. The van der Waals surface area contributed by atoms with Crippen LogP contribution in [0.25, 0.3) is 23.0 Å². The van der Waals surface area contributed by atoms with Crippen LogP contribution in [0, 0.1) is 27.2 Å². The predicted molar refractivity (Wildman–Crippen MR) is 106 cm³/mol. The topological polar surface area (TPSA) is 148 Å². The third-order valence-corrected chi connectivity index (χ3v) is 4.38. The lowest BCUT2D eigenvalue weighted by atomic mass is 10.2. The van der Waals surface area contributed by atoms with E-state index in [0.29, 0.717) is 28.4 Å². The summed E-state index contributed by atoms with van der Waals surface area (Å²) in [5.41, 5.74) is 1.04. The van der Waals surface area contributed by atoms with Crippen LogP contribution in [0.1, 0.15) is 11.3 Å². The first-order valence-electron chi connectivity index (χ1n) is 8.96. The molecule has 4 aromatic rings. The van der Waals surface area contributed by atoms with Gasteiger partial charge in [-0.05, 0) is 43.3 Å². The fourth-order valence-electron chi connectivity index (χ4n) is 2.82. The fourth-order valence-corrected chi connectivity index (χ4v) is 2.82. The van der Waals surface area contributed by atoms with Crippen LogP contribution < -0.4 is 4.74 Å². The summed E-state index contributed by atoms with van der Waals surface area (Å²) in [6, 6.07) is 13.6. The van der Waals surface area contributed by atoms with Gasteiger partial charge >= 0.3 is 0 Å². The van der Waals surface area contributed by atoms with Gasteiger partial charge in [0.1, 0.15) is 18.1 Å². The third-order valence-electron chi connectivity index (χ3n) is 4.38. The molecular formula is C20H14N4O7. The van der Waals surface area contributed by atoms with Gasteiger partial charge in [0.05, 0.1) is 9.85 Å². The molecule has 2 heterocycles. The molecule has 0 aliphatic rings. The first-order chi connectivity index (χ1) is 14.9.